The smallest absolute Gasteiger partial charge is 0.312 e. The first-order valence-electron chi connectivity index (χ1n) is 8.25. The Morgan fingerprint density at radius 3 is 2.59 bits per heavy atom. The molecule has 4 aromatic rings. The van der Waals surface area contributed by atoms with Gasteiger partial charge in [-0.2, -0.15) is 0 Å². The molecule has 8 heteroatoms. The highest BCUT2D eigenvalue weighted by Crippen LogP contribution is 2.37. The number of ketones is 1. The number of pyridine rings is 1. The molecular formula is C19H16N4O3S. The summed E-state index contributed by atoms with van der Waals surface area (Å²) in [5.41, 5.74) is 9.87. The van der Waals surface area contributed by atoms with E-state index < -0.39 is 11.7 Å². The van der Waals surface area contributed by atoms with Crippen LogP contribution in [0.3, 0.4) is 0 Å². The van der Waals surface area contributed by atoms with Gasteiger partial charge in [-0.3, -0.25) is 4.79 Å². The van der Waals surface area contributed by atoms with Crippen molar-refractivity contribution >= 4 is 33.0 Å². The molecule has 0 bridgehead atoms. The van der Waals surface area contributed by atoms with E-state index in [0.717, 1.165) is 22.2 Å². The van der Waals surface area contributed by atoms with Crippen LogP contribution in [0.4, 0.5) is 5.69 Å². The Bertz CT molecular complexity index is 1200. The fourth-order valence-electron chi connectivity index (χ4n) is 3.03. The maximum absolute atomic E-state index is 13.2. The monoisotopic (exact) mass is 380 g/mol. The summed E-state index contributed by atoms with van der Waals surface area (Å²) in [5.74, 6) is -1.34. The molecule has 7 nitrogen and oxygen atoms in total. The molecule has 136 valence electrons. The van der Waals surface area contributed by atoms with Gasteiger partial charge in [0.1, 0.15) is 9.71 Å². The molecule has 0 aliphatic carbocycles. The molecule has 3 heterocycles. The highest BCUT2D eigenvalue weighted by molar-refractivity contribution is 7.21. The summed E-state index contributed by atoms with van der Waals surface area (Å²) in [5, 5.41) is 16.7. The molecule has 0 aliphatic rings. The van der Waals surface area contributed by atoms with Gasteiger partial charge >= 0.3 is 5.69 Å². The van der Waals surface area contributed by atoms with Crippen LogP contribution in [-0.2, 0) is 0 Å². The van der Waals surface area contributed by atoms with Crippen molar-refractivity contribution in [2.75, 3.05) is 5.73 Å². The lowest BCUT2D eigenvalue weighted by Gasteiger charge is -2.05. The quantitative estimate of drug-likeness (QED) is 0.432. The second-order valence-electron chi connectivity index (χ2n) is 6.26. The molecule has 0 spiro atoms. The van der Waals surface area contributed by atoms with Crippen LogP contribution in [0.5, 0.6) is 5.95 Å². The van der Waals surface area contributed by atoms with Crippen LogP contribution in [0.2, 0.25) is 0 Å². The Morgan fingerprint density at radius 1 is 1.19 bits per heavy atom. The van der Waals surface area contributed by atoms with Gasteiger partial charge in [0.2, 0.25) is 5.69 Å². The molecule has 1 aromatic carbocycles. The van der Waals surface area contributed by atoms with E-state index in [1.165, 1.54) is 16.0 Å². The van der Waals surface area contributed by atoms with Crippen LogP contribution in [-0.4, -0.2) is 16.0 Å². The van der Waals surface area contributed by atoms with Crippen molar-refractivity contribution in [3.63, 3.8) is 0 Å². The zero-order chi connectivity index (χ0) is 19.3. The molecular weight excluding hydrogens is 364 g/mol. The second kappa shape index (κ2) is 6.17. The predicted octanol–water partition coefficient (Wildman–Crippen LogP) is 2.37. The van der Waals surface area contributed by atoms with Crippen molar-refractivity contribution in [1.29, 1.82) is 0 Å². The highest BCUT2D eigenvalue weighted by atomic mass is 32.1. The highest BCUT2D eigenvalue weighted by Gasteiger charge is 2.32. The van der Waals surface area contributed by atoms with Crippen LogP contribution in [0.1, 0.15) is 32.2 Å². The van der Waals surface area contributed by atoms with Gasteiger partial charge < -0.3 is 15.4 Å². The van der Waals surface area contributed by atoms with Gasteiger partial charge in [0, 0.05) is 23.2 Å². The summed E-state index contributed by atoms with van der Waals surface area (Å²) >= 11 is 1.17. The Hall–Kier alpha value is -3.26. The number of carbonyl (C=O) groups excluding carboxylic acids is 1. The van der Waals surface area contributed by atoms with E-state index in [0.29, 0.717) is 16.2 Å². The van der Waals surface area contributed by atoms with Gasteiger partial charge in [-0.25, -0.2) is 4.98 Å². The molecule has 0 saturated heterocycles. The van der Waals surface area contributed by atoms with E-state index in [1.54, 1.807) is 24.3 Å². The van der Waals surface area contributed by atoms with Crippen molar-refractivity contribution in [3.8, 4) is 11.6 Å². The Labute approximate surface area is 158 Å². The topological polar surface area (TPSA) is 109 Å². The number of nitrogens with two attached hydrogens (primary N) is 1. The second-order valence-corrected chi connectivity index (χ2v) is 7.26. The molecule has 0 unspecified atom stereocenters. The first kappa shape index (κ1) is 17.2. The lowest BCUT2D eigenvalue weighted by atomic mass is 10.0. The molecule has 0 fully saturated rings. The molecule has 0 saturated carbocycles. The molecule has 0 atom stereocenters. The Morgan fingerprint density at radius 2 is 1.89 bits per heavy atom. The number of aryl methyl sites for hydroxylation is 2. The number of aromatic nitrogens is 3. The average molecular weight is 380 g/mol. The number of benzene rings is 1. The average Bonchev–Trinajstić information content (AvgIpc) is 3.20. The predicted molar refractivity (Wildman–Crippen MR) is 99.2 cm³/mol. The number of para-hydroxylation sites is 1. The minimum atomic E-state index is -0.808. The molecule has 4 rings (SSSR count). The van der Waals surface area contributed by atoms with E-state index in [1.807, 2.05) is 26.8 Å². The van der Waals surface area contributed by atoms with Gasteiger partial charge in [-0.15, -0.1) is 11.3 Å². The molecule has 0 aliphatic heterocycles. The Kier molecular flexibility index (Phi) is 3.92. The number of hydrogen-bond acceptors (Lipinski definition) is 7. The van der Waals surface area contributed by atoms with Crippen molar-refractivity contribution < 1.29 is 19.1 Å². The van der Waals surface area contributed by atoms with Crippen molar-refractivity contribution in [2.24, 2.45) is 0 Å². The largest absolute Gasteiger partial charge is 0.539 e. The molecule has 0 amide bonds. The lowest BCUT2D eigenvalue weighted by Crippen LogP contribution is -2.39. The number of thiophene rings is 1. The van der Waals surface area contributed by atoms with E-state index in [2.05, 4.69) is 10.3 Å². The number of nitrogen functional groups attached to an aromatic ring is 1. The van der Waals surface area contributed by atoms with Gasteiger partial charge in [-0.1, -0.05) is 18.2 Å². The van der Waals surface area contributed by atoms with Gasteiger partial charge in [0.05, 0.1) is 11.0 Å². The third-order valence-corrected chi connectivity index (χ3v) is 5.81. The van der Waals surface area contributed by atoms with Crippen LogP contribution in [0, 0.1) is 20.8 Å². The van der Waals surface area contributed by atoms with E-state index in [9.17, 15) is 9.90 Å². The van der Waals surface area contributed by atoms with Crippen LogP contribution in [0.25, 0.3) is 15.9 Å². The molecule has 0 radical (unpaired) electrons. The van der Waals surface area contributed by atoms with Crippen molar-refractivity contribution in [3.05, 3.63) is 57.7 Å². The number of nitrogens with zero attached hydrogens (tertiary/aromatic N) is 3. The van der Waals surface area contributed by atoms with Gasteiger partial charge in [-0.05, 0) is 36.6 Å². The minimum Gasteiger partial charge on any atom is -0.539 e. The van der Waals surface area contributed by atoms with Crippen LogP contribution < -0.4 is 15.5 Å². The number of rotatable bonds is 3. The normalized spacial score (nSPS) is 11.2. The van der Waals surface area contributed by atoms with E-state index >= 15 is 0 Å². The minimum absolute atomic E-state index is 0.189. The summed E-state index contributed by atoms with van der Waals surface area (Å²) in [6.45, 7) is 5.83. The summed E-state index contributed by atoms with van der Waals surface area (Å²) in [6, 6.07) is 8.84. The third kappa shape index (κ3) is 2.57. The zero-order valence-electron chi connectivity index (χ0n) is 14.9. The van der Waals surface area contributed by atoms with Gasteiger partial charge in [0.15, 0.2) is 5.95 Å². The molecule has 2 N–H and O–H groups in total. The van der Waals surface area contributed by atoms with Crippen LogP contribution in [0.15, 0.2) is 34.9 Å². The number of carbonyl (C=O) groups is 1. The molecule has 27 heavy (non-hydrogen) atoms. The zero-order valence-corrected chi connectivity index (χ0v) is 15.8. The number of anilines is 1. The fourth-order valence-corrected chi connectivity index (χ4v) is 4.17. The van der Waals surface area contributed by atoms with Crippen molar-refractivity contribution in [1.82, 2.24) is 10.3 Å². The maximum atomic E-state index is 13.2. The SMILES string of the molecule is Cc1nc2sc(C(=O)c3c([O-])on[n+]3-c3ccccc3)c(N)c2c(C)c1C. The summed E-state index contributed by atoms with van der Waals surface area (Å²) in [6.07, 6.45) is 0. The lowest BCUT2D eigenvalue weighted by molar-refractivity contribution is -0.672. The summed E-state index contributed by atoms with van der Waals surface area (Å²) in [4.78, 5) is 18.7. The summed E-state index contributed by atoms with van der Waals surface area (Å²) in [7, 11) is 0. The maximum Gasteiger partial charge on any atom is 0.312 e. The fraction of sp³-hybridized carbons (Fsp3) is 0.158. The standard InChI is InChI=1S/C19H16N4O3S/c1-9-10(2)13-14(20)17(27-18(13)21-11(9)3)16(24)15-19(25)26-22-23(15)12-7-5-4-6-8-12/h4-8H,1-3H3,(H2-,20,22,24,25). The first-order valence-corrected chi connectivity index (χ1v) is 9.06. The number of fused-ring (bicyclic) bond motifs is 1. The van der Waals surface area contributed by atoms with Crippen molar-refractivity contribution in [2.45, 2.75) is 20.8 Å². The summed E-state index contributed by atoms with van der Waals surface area (Å²) < 4.78 is 5.95. The third-order valence-electron chi connectivity index (χ3n) is 4.71. The van der Waals surface area contributed by atoms with Gasteiger partial charge in [0.25, 0.3) is 5.78 Å². The molecule has 3 aromatic heterocycles. The Balaban J connectivity index is 1.92. The first-order chi connectivity index (χ1) is 12.9. The van der Waals surface area contributed by atoms with Crippen LogP contribution >= 0.6 is 11.3 Å². The van der Waals surface area contributed by atoms with E-state index in [-0.39, 0.29) is 10.6 Å². The number of hydrogen-bond donors (Lipinski definition) is 1. The van der Waals surface area contributed by atoms with E-state index in [4.69, 9.17) is 10.3 Å².